The molecule has 0 radical (unpaired) electrons. The number of rotatable bonds is 7. The van der Waals surface area contributed by atoms with Crippen LogP contribution in [-0.2, 0) is 4.79 Å². The minimum absolute atomic E-state index is 0.312. The molecule has 2 fully saturated rings. The molecule has 3 aromatic heterocycles. The maximum Gasteiger partial charge on any atom is 0.298 e. The summed E-state index contributed by atoms with van der Waals surface area (Å²) < 4.78 is 7.59. The molecule has 2 aliphatic rings. The number of fused-ring (bicyclic) bond motifs is 1. The van der Waals surface area contributed by atoms with Crippen molar-refractivity contribution in [3.05, 3.63) is 83.3 Å². The number of Topliss-reactive ketones (excluding diaryl/α,β-unsaturated/α-hetero) is 1. The number of anilines is 3. The molecule has 41 heavy (non-hydrogen) atoms. The van der Waals surface area contributed by atoms with Crippen LogP contribution >= 0.6 is 0 Å². The second kappa shape index (κ2) is 11.3. The SMILES string of the molecule is COc1cc(NC(=O)C(=O)c2c(C3CCCC3)cc3ccccn23)ccc1N1CCN(c2cc(C)cc(C)n2)CC1. The minimum atomic E-state index is -0.641. The van der Waals surface area contributed by atoms with E-state index in [9.17, 15) is 9.59 Å². The normalized spacial score (nSPS) is 15.9. The zero-order valence-corrected chi connectivity index (χ0v) is 24.0. The Morgan fingerprint density at radius 3 is 2.41 bits per heavy atom. The minimum Gasteiger partial charge on any atom is -0.495 e. The Balaban J connectivity index is 1.17. The molecule has 1 saturated carbocycles. The molecule has 1 saturated heterocycles. The van der Waals surface area contributed by atoms with Gasteiger partial charge in [-0.15, -0.1) is 0 Å². The molecule has 1 N–H and O–H groups in total. The number of aromatic nitrogens is 2. The van der Waals surface area contributed by atoms with Crippen molar-refractivity contribution in [1.82, 2.24) is 9.38 Å². The van der Waals surface area contributed by atoms with E-state index >= 15 is 0 Å². The van der Waals surface area contributed by atoms with Gasteiger partial charge in [-0.1, -0.05) is 18.9 Å². The Bertz CT molecular complexity index is 1580. The largest absolute Gasteiger partial charge is 0.495 e. The first kappa shape index (κ1) is 26.9. The van der Waals surface area contributed by atoms with Crippen molar-refractivity contribution in [1.29, 1.82) is 0 Å². The van der Waals surface area contributed by atoms with Gasteiger partial charge in [0, 0.05) is 55.3 Å². The number of benzene rings is 1. The lowest BCUT2D eigenvalue weighted by atomic mass is 9.96. The third-order valence-electron chi connectivity index (χ3n) is 8.39. The van der Waals surface area contributed by atoms with Crippen LogP contribution in [0.1, 0.15) is 58.9 Å². The zero-order valence-electron chi connectivity index (χ0n) is 24.0. The number of ketones is 1. The first-order valence-corrected chi connectivity index (χ1v) is 14.5. The third kappa shape index (κ3) is 5.38. The summed E-state index contributed by atoms with van der Waals surface area (Å²) in [5.41, 5.74) is 6.13. The summed E-state index contributed by atoms with van der Waals surface area (Å²) in [6.07, 6.45) is 6.27. The fourth-order valence-corrected chi connectivity index (χ4v) is 6.40. The number of piperazine rings is 1. The highest BCUT2D eigenvalue weighted by Gasteiger charge is 2.30. The quantitative estimate of drug-likeness (QED) is 0.232. The first-order chi connectivity index (χ1) is 19.9. The number of carbonyl (C=O) groups is 2. The second-order valence-corrected chi connectivity index (χ2v) is 11.2. The van der Waals surface area contributed by atoms with Gasteiger partial charge < -0.3 is 24.3 Å². The van der Waals surface area contributed by atoms with E-state index in [4.69, 9.17) is 9.72 Å². The summed E-state index contributed by atoms with van der Waals surface area (Å²) in [4.78, 5) is 36.2. The van der Waals surface area contributed by atoms with Crippen LogP contribution in [0.3, 0.4) is 0 Å². The summed E-state index contributed by atoms with van der Waals surface area (Å²) in [5, 5.41) is 2.84. The Hall–Kier alpha value is -4.33. The van der Waals surface area contributed by atoms with E-state index in [1.807, 2.05) is 47.9 Å². The fourth-order valence-electron chi connectivity index (χ4n) is 6.40. The highest BCUT2D eigenvalue weighted by atomic mass is 16.5. The van der Waals surface area contributed by atoms with Crippen molar-refractivity contribution in [2.75, 3.05) is 48.4 Å². The van der Waals surface area contributed by atoms with Gasteiger partial charge >= 0.3 is 0 Å². The van der Waals surface area contributed by atoms with Crippen LogP contribution in [0.4, 0.5) is 17.2 Å². The highest BCUT2D eigenvalue weighted by Crippen LogP contribution is 2.38. The summed E-state index contributed by atoms with van der Waals surface area (Å²) >= 11 is 0. The lowest BCUT2D eigenvalue weighted by Gasteiger charge is -2.37. The van der Waals surface area contributed by atoms with Crippen molar-refractivity contribution >= 4 is 34.4 Å². The summed E-state index contributed by atoms with van der Waals surface area (Å²) in [7, 11) is 1.63. The number of hydrogen-bond acceptors (Lipinski definition) is 6. The van der Waals surface area contributed by atoms with Gasteiger partial charge in [0.2, 0.25) is 0 Å². The fraction of sp³-hybridized carbons (Fsp3) is 0.364. The molecule has 1 amide bonds. The zero-order chi connectivity index (χ0) is 28.5. The standard InChI is InChI=1S/C33H37N5O3/c1-22-18-23(2)34-30(19-22)37-16-14-36(15-17-37)28-12-11-25(20-29(28)41-3)35-33(40)32(39)31-27(24-8-4-5-9-24)21-26-10-6-7-13-38(26)31/h6-7,10-13,18-21,24H,4-5,8-9,14-17H2,1-3H3,(H,35,40). The topological polar surface area (TPSA) is 79.2 Å². The molecule has 0 unspecified atom stereocenters. The molecular formula is C33H37N5O3. The van der Waals surface area contributed by atoms with E-state index in [-0.39, 0.29) is 0 Å². The monoisotopic (exact) mass is 551 g/mol. The van der Waals surface area contributed by atoms with Crippen molar-refractivity contribution in [3.8, 4) is 5.75 Å². The predicted octanol–water partition coefficient (Wildman–Crippen LogP) is 5.77. The molecule has 4 heterocycles. The molecule has 0 atom stereocenters. The average Bonchev–Trinajstić information content (AvgIpc) is 3.65. The molecule has 1 aliphatic carbocycles. The van der Waals surface area contributed by atoms with Gasteiger partial charge in [-0.2, -0.15) is 0 Å². The summed E-state index contributed by atoms with van der Waals surface area (Å²) in [6, 6.07) is 17.7. The lowest BCUT2D eigenvalue weighted by molar-refractivity contribution is -0.112. The number of aryl methyl sites for hydroxylation is 2. The predicted molar refractivity (Wildman–Crippen MR) is 163 cm³/mol. The summed E-state index contributed by atoms with van der Waals surface area (Å²) in [6.45, 7) is 7.46. The van der Waals surface area contributed by atoms with Crippen molar-refractivity contribution in [3.63, 3.8) is 0 Å². The highest BCUT2D eigenvalue weighted by molar-refractivity contribution is 6.46. The van der Waals surface area contributed by atoms with Crippen LogP contribution in [0.15, 0.2) is 60.8 Å². The second-order valence-electron chi connectivity index (χ2n) is 11.2. The van der Waals surface area contributed by atoms with E-state index in [0.29, 0.717) is 23.0 Å². The van der Waals surface area contributed by atoms with Crippen molar-refractivity contribution in [2.45, 2.75) is 45.4 Å². The maximum absolute atomic E-state index is 13.6. The number of nitrogens with one attached hydrogen (secondary N) is 1. The Kier molecular flexibility index (Phi) is 7.39. The smallest absolute Gasteiger partial charge is 0.298 e. The van der Waals surface area contributed by atoms with Gasteiger partial charge in [0.15, 0.2) is 0 Å². The van der Waals surface area contributed by atoms with E-state index in [1.54, 1.807) is 13.2 Å². The number of pyridine rings is 2. The van der Waals surface area contributed by atoms with Gasteiger partial charge in [0.1, 0.15) is 17.3 Å². The summed E-state index contributed by atoms with van der Waals surface area (Å²) in [5.74, 6) is 0.832. The molecule has 212 valence electrons. The number of methoxy groups -OCH3 is 1. The van der Waals surface area contributed by atoms with Crippen LogP contribution < -0.4 is 19.9 Å². The van der Waals surface area contributed by atoms with E-state index in [0.717, 1.165) is 80.1 Å². The first-order valence-electron chi connectivity index (χ1n) is 14.5. The number of ether oxygens (including phenoxy) is 1. The van der Waals surface area contributed by atoms with Crippen LogP contribution in [0.2, 0.25) is 0 Å². The third-order valence-corrected chi connectivity index (χ3v) is 8.39. The van der Waals surface area contributed by atoms with Crippen LogP contribution in [-0.4, -0.2) is 54.4 Å². The molecule has 1 aromatic carbocycles. The van der Waals surface area contributed by atoms with Gasteiger partial charge in [-0.3, -0.25) is 9.59 Å². The molecule has 6 rings (SSSR count). The Morgan fingerprint density at radius 1 is 0.927 bits per heavy atom. The molecule has 0 bridgehead atoms. The molecule has 8 heteroatoms. The Morgan fingerprint density at radius 2 is 1.68 bits per heavy atom. The number of nitrogens with zero attached hydrogens (tertiary/aromatic N) is 4. The maximum atomic E-state index is 13.6. The van der Waals surface area contributed by atoms with E-state index in [2.05, 4.69) is 40.2 Å². The Labute approximate surface area is 240 Å². The lowest BCUT2D eigenvalue weighted by Crippen LogP contribution is -2.47. The number of hydrogen-bond donors (Lipinski definition) is 1. The average molecular weight is 552 g/mol. The van der Waals surface area contributed by atoms with Gasteiger partial charge in [0.05, 0.1) is 12.8 Å². The molecular weight excluding hydrogens is 514 g/mol. The molecule has 0 spiro atoms. The van der Waals surface area contributed by atoms with Crippen molar-refractivity contribution < 1.29 is 14.3 Å². The molecule has 1 aliphatic heterocycles. The van der Waals surface area contributed by atoms with E-state index < -0.39 is 11.7 Å². The van der Waals surface area contributed by atoms with Crippen molar-refractivity contribution in [2.24, 2.45) is 0 Å². The van der Waals surface area contributed by atoms with E-state index in [1.165, 1.54) is 5.56 Å². The van der Waals surface area contributed by atoms with Gasteiger partial charge in [-0.25, -0.2) is 4.98 Å². The van der Waals surface area contributed by atoms with Gasteiger partial charge in [0.25, 0.3) is 11.7 Å². The van der Waals surface area contributed by atoms with Gasteiger partial charge in [-0.05, 0) is 86.2 Å². The van der Waals surface area contributed by atoms with Crippen LogP contribution in [0.25, 0.3) is 5.52 Å². The number of amides is 1. The van der Waals surface area contributed by atoms with Crippen LogP contribution in [0, 0.1) is 13.8 Å². The molecule has 8 nitrogen and oxygen atoms in total. The molecule has 4 aromatic rings. The number of carbonyl (C=O) groups excluding carboxylic acids is 2. The van der Waals surface area contributed by atoms with Crippen LogP contribution in [0.5, 0.6) is 5.75 Å².